The minimum absolute atomic E-state index is 0.0149. The molecule has 0 unspecified atom stereocenters. The number of carbonyl (C=O) groups excluding carboxylic acids is 1. The highest BCUT2D eigenvalue weighted by Crippen LogP contribution is 2.42. The van der Waals surface area contributed by atoms with Gasteiger partial charge in [-0.15, -0.1) is 0 Å². The van der Waals surface area contributed by atoms with Crippen LogP contribution in [0.2, 0.25) is 0 Å². The van der Waals surface area contributed by atoms with E-state index in [1.165, 1.54) is 13.0 Å². The van der Waals surface area contributed by atoms with Gasteiger partial charge in [-0.05, 0) is 12.5 Å². The van der Waals surface area contributed by atoms with Gasteiger partial charge in [0.05, 0.1) is 19.1 Å². The maximum absolute atomic E-state index is 12.8. The van der Waals surface area contributed by atoms with Crippen molar-refractivity contribution in [2.24, 2.45) is 0 Å². The molecule has 2 fully saturated rings. The van der Waals surface area contributed by atoms with Crippen molar-refractivity contribution >= 4 is 5.78 Å². The summed E-state index contributed by atoms with van der Waals surface area (Å²) in [5, 5.41) is 71.9. The fourth-order valence-electron chi connectivity index (χ4n) is 4.96. The van der Waals surface area contributed by atoms with E-state index in [4.69, 9.17) is 23.7 Å². The number of Topliss-reactive ketones (excluding diaryl/α,β-unsaturated/α-hetero) is 1. The second kappa shape index (κ2) is 11.6. The van der Waals surface area contributed by atoms with Gasteiger partial charge in [-0.25, -0.2) is 0 Å². The van der Waals surface area contributed by atoms with Crippen LogP contribution < -0.4 is 9.47 Å². The number of ketones is 1. The maximum atomic E-state index is 12.8. The number of benzene rings is 2. The van der Waals surface area contributed by atoms with Crippen molar-refractivity contribution in [1.29, 1.82) is 0 Å². The third kappa shape index (κ3) is 5.52. The molecular weight excluding hydrogens is 532 g/mol. The number of phenols is 1. The van der Waals surface area contributed by atoms with Crippen LogP contribution in [-0.4, -0.2) is 110 Å². The molecule has 3 heterocycles. The summed E-state index contributed by atoms with van der Waals surface area (Å²) in [7, 11) is 0. The lowest BCUT2D eigenvalue weighted by molar-refractivity contribution is -0.318. The molecule has 0 radical (unpaired) electrons. The second-order valence-electron chi connectivity index (χ2n) is 10.1. The number of fused-ring (bicyclic) bond motifs is 1. The van der Waals surface area contributed by atoms with E-state index in [9.17, 15) is 40.5 Å². The summed E-state index contributed by atoms with van der Waals surface area (Å²) in [5.41, 5.74) is 0.751. The smallest absolute Gasteiger partial charge is 0.229 e. The first-order valence-electron chi connectivity index (χ1n) is 12.8. The molecule has 0 aromatic heterocycles. The van der Waals surface area contributed by atoms with Crippen molar-refractivity contribution in [2.75, 3.05) is 6.61 Å². The van der Waals surface area contributed by atoms with E-state index in [0.29, 0.717) is 0 Å². The Morgan fingerprint density at radius 2 is 1.52 bits per heavy atom. The van der Waals surface area contributed by atoms with Gasteiger partial charge in [-0.2, -0.15) is 0 Å². The number of hydrogen-bond donors (Lipinski definition) is 7. The summed E-state index contributed by atoms with van der Waals surface area (Å²) < 4.78 is 28.1. The van der Waals surface area contributed by atoms with Crippen LogP contribution >= 0.6 is 0 Å². The number of carbonyl (C=O) groups is 1. The van der Waals surface area contributed by atoms with Gasteiger partial charge in [-0.1, -0.05) is 30.3 Å². The Morgan fingerprint density at radius 3 is 2.25 bits per heavy atom. The van der Waals surface area contributed by atoms with E-state index >= 15 is 0 Å². The fraction of sp³-hybridized carbons (Fsp3) is 0.519. The van der Waals surface area contributed by atoms with Crippen LogP contribution in [0.3, 0.4) is 0 Å². The Hall–Kier alpha value is -2.85. The highest BCUT2D eigenvalue weighted by Gasteiger charge is 2.47. The van der Waals surface area contributed by atoms with E-state index in [0.717, 1.165) is 11.6 Å². The van der Waals surface area contributed by atoms with Crippen molar-refractivity contribution in [1.82, 2.24) is 0 Å². The van der Waals surface area contributed by atoms with Crippen LogP contribution in [0.25, 0.3) is 0 Å². The molecule has 3 aliphatic heterocycles. The average molecular weight is 565 g/mol. The van der Waals surface area contributed by atoms with Crippen molar-refractivity contribution in [3.05, 3.63) is 53.6 Å². The molecule has 7 N–H and O–H groups in total. The predicted octanol–water partition coefficient (Wildman–Crippen LogP) is -0.871. The lowest BCUT2D eigenvalue weighted by Gasteiger charge is -2.42. The largest absolute Gasteiger partial charge is 0.507 e. The number of hydrogen-bond acceptors (Lipinski definition) is 13. The number of aromatic hydroxyl groups is 1. The molecule has 2 saturated heterocycles. The summed E-state index contributed by atoms with van der Waals surface area (Å²) in [5.74, 6) is -0.734. The third-order valence-electron chi connectivity index (χ3n) is 7.30. The first kappa shape index (κ1) is 28.7. The summed E-state index contributed by atoms with van der Waals surface area (Å²) >= 11 is 0. The van der Waals surface area contributed by atoms with Crippen LogP contribution in [0.4, 0.5) is 0 Å². The quantitative estimate of drug-likeness (QED) is 0.228. The van der Waals surface area contributed by atoms with Gasteiger partial charge in [0.1, 0.15) is 71.6 Å². The minimum Gasteiger partial charge on any atom is -0.507 e. The van der Waals surface area contributed by atoms with E-state index in [-0.39, 0.29) is 29.3 Å². The summed E-state index contributed by atoms with van der Waals surface area (Å²) in [6.45, 7) is 1.01. The Labute approximate surface area is 228 Å². The topological polar surface area (TPSA) is 205 Å². The lowest BCUT2D eigenvalue weighted by atomic mass is 9.95. The highest BCUT2D eigenvalue weighted by molar-refractivity contribution is 6.02. The number of aliphatic hydroxyl groups excluding tert-OH is 6. The van der Waals surface area contributed by atoms with Crippen molar-refractivity contribution in [3.8, 4) is 17.2 Å². The molecule has 13 heteroatoms. The van der Waals surface area contributed by atoms with E-state index < -0.39 is 79.9 Å². The maximum Gasteiger partial charge on any atom is 0.229 e. The Balaban J connectivity index is 1.29. The zero-order chi connectivity index (χ0) is 28.7. The number of phenolic OH excluding ortho intramolecular Hbond substituents is 1. The highest BCUT2D eigenvalue weighted by atomic mass is 16.7. The SMILES string of the molecule is C[C@@H]1O[C@@H](OC[C@H]2O[C@@H](Oc3cc(O)c4c(c3)O[C@H](c3ccccc3)CC4=O)[C@H](O)[C@@H](O)[C@@H]2O)[C@H](O)[C@H](O)[C@H]1O. The van der Waals surface area contributed by atoms with Gasteiger partial charge in [0, 0.05) is 12.1 Å². The Bertz CT molecular complexity index is 1190. The van der Waals surface area contributed by atoms with E-state index in [2.05, 4.69) is 0 Å². The standard InChI is InChI=1S/C27H32O13/c1-11-20(30)22(32)24(34)26(37-11)36-10-18-21(31)23(33)25(35)27(40-18)38-13-7-14(28)19-15(29)9-16(39-17(19)8-13)12-5-3-2-4-6-12/h2-8,11,16,18,20-28,30-35H,9-10H2,1H3/t11-,16-,18+,20-,21+,22+,23-,24+,25+,26+,27+/m0/s1. The molecule has 5 rings (SSSR count). The van der Waals surface area contributed by atoms with Crippen LogP contribution in [0, 0.1) is 0 Å². The van der Waals surface area contributed by atoms with Gasteiger partial charge in [0.2, 0.25) is 6.29 Å². The molecule has 13 nitrogen and oxygen atoms in total. The fourth-order valence-corrected chi connectivity index (χ4v) is 4.96. The van der Waals surface area contributed by atoms with Crippen molar-refractivity contribution in [2.45, 2.75) is 80.9 Å². The molecule has 2 aromatic carbocycles. The molecule has 2 aromatic rings. The van der Waals surface area contributed by atoms with Gasteiger partial charge in [0.15, 0.2) is 12.1 Å². The monoisotopic (exact) mass is 564 g/mol. The van der Waals surface area contributed by atoms with Crippen LogP contribution in [0.15, 0.2) is 42.5 Å². The van der Waals surface area contributed by atoms with Crippen LogP contribution in [-0.2, 0) is 14.2 Å². The molecule has 11 atom stereocenters. The zero-order valence-corrected chi connectivity index (χ0v) is 21.4. The summed E-state index contributed by atoms with van der Waals surface area (Å²) in [4.78, 5) is 12.8. The average Bonchev–Trinajstić information content (AvgIpc) is 2.94. The van der Waals surface area contributed by atoms with Gasteiger partial charge < -0.3 is 59.4 Å². The lowest BCUT2D eigenvalue weighted by Crippen LogP contribution is -2.61. The first-order chi connectivity index (χ1) is 19.0. The van der Waals surface area contributed by atoms with Crippen LogP contribution in [0.5, 0.6) is 17.2 Å². The summed E-state index contributed by atoms with van der Waals surface area (Å²) in [6, 6.07) is 11.6. The molecule has 40 heavy (non-hydrogen) atoms. The second-order valence-corrected chi connectivity index (χ2v) is 10.1. The van der Waals surface area contributed by atoms with E-state index in [1.807, 2.05) is 30.3 Å². The molecular formula is C27H32O13. The van der Waals surface area contributed by atoms with Crippen molar-refractivity contribution in [3.63, 3.8) is 0 Å². The molecule has 3 aliphatic rings. The molecule has 0 amide bonds. The Morgan fingerprint density at radius 1 is 0.850 bits per heavy atom. The molecule has 0 bridgehead atoms. The van der Waals surface area contributed by atoms with Gasteiger partial charge in [-0.3, -0.25) is 4.79 Å². The normalized spacial score (nSPS) is 37.9. The minimum atomic E-state index is -1.73. The molecule has 218 valence electrons. The zero-order valence-electron chi connectivity index (χ0n) is 21.4. The molecule has 0 saturated carbocycles. The van der Waals surface area contributed by atoms with Crippen molar-refractivity contribution < 1.29 is 64.2 Å². The number of aliphatic hydroxyl groups is 6. The van der Waals surface area contributed by atoms with E-state index in [1.54, 1.807) is 0 Å². The molecule has 0 aliphatic carbocycles. The summed E-state index contributed by atoms with van der Waals surface area (Å²) in [6.07, 6.45) is -15.2. The molecule has 0 spiro atoms. The first-order valence-corrected chi connectivity index (χ1v) is 12.8. The number of rotatable bonds is 6. The Kier molecular flexibility index (Phi) is 8.29. The van der Waals surface area contributed by atoms with Crippen LogP contribution in [0.1, 0.15) is 35.4 Å². The third-order valence-corrected chi connectivity index (χ3v) is 7.30. The number of ether oxygens (including phenoxy) is 5. The van der Waals surface area contributed by atoms with Gasteiger partial charge >= 0.3 is 0 Å². The predicted molar refractivity (Wildman–Crippen MR) is 132 cm³/mol. The van der Waals surface area contributed by atoms with Gasteiger partial charge in [0.25, 0.3) is 0 Å².